The van der Waals surface area contributed by atoms with Crippen LogP contribution in [-0.4, -0.2) is 11.6 Å². The monoisotopic (exact) mass is 818 g/mol. The number of anilines is 2. The molecule has 2 aliphatic carbocycles. The summed E-state index contributed by atoms with van der Waals surface area (Å²) >= 11 is -0.826. The summed E-state index contributed by atoms with van der Waals surface area (Å²) in [6.07, 6.45) is 11.5. The summed E-state index contributed by atoms with van der Waals surface area (Å²) in [4.78, 5) is 26.2. The predicted octanol–water partition coefficient (Wildman–Crippen LogP) is 12.2. The summed E-state index contributed by atoms with van der Waals surface area (Å²) in [7, 11) is 9.87. The fourth-order valence-corrected chi connectivity index (χ4v) is 6.16. The number of Topliss-reactive ketones (excluding diaryl/α,β-unsaturated/α-hetero) is 2. The summed E-state index contributed by atoms with van der Waals surface area (Å²) < 4.78 is 0. The summed E-state index contributed by atoms with van der Waals surface area (Å²) in [6.45, 7) is 12.5. The average Bonchev–Trinajstić information content (AvgIpc) is 3.17. The summed E-state index contributed by atoms with van der Waals surface area (Å²) in [5, 5.41) is 6.44. The number of para-hydroxylation sites is 2. The second kappa shape index (κ2) is 19.7. The summed E-state index contributed by atoms with van der Waals surface area (Å²) in [5.41, 5.74) is 8.68. The van der Waals surface area contributed by atoms with Crippen LogP contribution in [0.25, 0.3) is 0 Å². The molecule has 4 aromatic rings. The Morgan fingerprint density at radius 3 is 1.08 bits per heavy atom. The Hall–Kier alpha value is -4.28. The van der Waals surface area contributed by atoms with Crippen molar-refractivity contribution in [2.45, 2.75) is 52.4 Å². The Morgan fingerprint density at radius 2 is 0.774 bits per heavy atom. The van der Waals surface area contributed by atoms with E-state index in [1.165, 1.54) is 0 Å². The molecule has 7 heteroatoms. The fraction of sp³-hybridized carbons (Fsp3) is 0.174. The molecule has 0 aromatic heterocycles. The van der Waals surface area contributed by atoms with Crippen LogP contribution >= 0.6 is 17.0 Å². The SMILES string of the molecule is CC1=C/C(=C\Nc2ccccc2)C(=O)C(C(C)(C)c2ccccc2)=C1.CC1=C/C(=C\Nc2ccccc2)C(=O)C(C(C)(C)c2ccccc2)=C1.[Cl][Zr][Cl]. The first-order valence-electron chi connectivity index (χ1n) is 17.4. The average molecular weight is 821 g/mol. The number of carbonyl (C=O) groups is 2. The second-order valence-electron chi connectivity index (χ2n) is 13.8. The van der Waals surface area contributed by atoms with Crippen LogP contribution in [0.1, 0.15) is 52.7 Å². The van der Waals surface area contributed by atoms with Gasteiger partial charge in [0.25, 0.3) is 0 Å². The van der Waals surface area contributed by atoms with Crippen LogP contribution in [-0.2, 0) is 41.3 Å². The van der Waals surface area contributed by atoms with Gasteiger partial charge in [-0.1, -0.05) is 137 Å². The first-order chi connectivity index (χ1) is 25.4. The number of hydrogen-bond donors (Lipinski definition) is 2. The third kappa shape index (κ3) is 11.4. The van der Waals surface area contributed by atoms with Gasteiger partial charge in [-0.05, 0) is 72.5 Å². The Bertz CT molecular complexity index is 1900. The third-order valence-corrected chi connectivity index (χ3v) is 9.20. The number of halogens is 2. The molecule has 0 bridgehead atoms. The van der Waals surface area contributed by atoms with Crippen molar-refractivity contribution >= 4 is 40.0 Å². The second-order valence-corrected chi connectivity index (χ2v) is 17.6. The van der Waals surface area contributed by atoms with Gasteiger partial charge in [-0.3, -0.25) is 9.59 Å². The van der Waals surface area contributed by atoms with E-state index < -0.39 is 20.8 Å². The maximum absolute atomic E-state index is 13.1. The van der Waals surface area contributed by atoms with Crippen molar-refractivity contribution in [1.82, 2.24) is 0 Å². The molecule has 53 heavy (non-hydrogen) atoms. The van der Waals surface area contributed by atoms with E-state index in [0.717, 1.165) is 44.8 Å². The van der Waals surface area contributed by atoms with Gasteiger partial charge >= 0.3 is 37.9 Å². The molecule has 2 aliphatic rings. The quantitative estimate of drug-likeness (QED) is 0.174. The zero-order chi connectivity index (χ0) is 38.4. The fourth-order valence-electron chi connectivity index (χ4n) is 6.16. The van der Waals surface area contributed by atoms with Crippen LogP contribution in [0.2, 0.25) is 0 Å². The Balaban J connectivity index is 0.000000220. The van der Waals surface area contributed by atoms with Gasteiger partial charge in [0.2, 0.25) is 0 Å². The van der Waals surface area contributed by atoms with Crippen LogP contribution in [0.3, 0.4) is 0 Å². The van der Waals surface area contributed by atoms with Gasteiger partial charge in [0.1, 0.15) is 0 Å². The molecule has 2 N–H and O–H groups in total. The van der Waals surface area contributed by atoms with Crippen molar-refractivity contribution in [3.05, 3.63) is 203 Å². The van der Waals surface area contributed by atoms with Crippen LogP contribution in [0.4, 0.5) is 11.4 Å². The Labute approximate surface area is 333 Å². The molecule has 0 atom stereocenters. The van der Waals surface area contributed by atoms with Gasteiger partial charge in [-0.15, -0.1) is 0 Å². The molecule has 0 unspecified atom stereocenters. The minimum absolute atomic E-state index is 0.0721. The number of benzene rings is 4. The molecular weight excluding hydrogens is 775 g/mol. The van der Waals surface area contributed by atoms with Gasteiger partial charge in [-0.25, -0.2) is 0 Å². The van der Waals surface area contributed by atoms with Gasteiger partial charge in [0, 0.05) is 56.9 Å². The molecule has 0 saturated carbocycles. The van der Waals surface area contributed by atoms with Crippen LogP contribution < -0.4 is 10.6 Å². The topological polar surface area (TPSA) is 58.2 Å². The van der Waals surface area contributed by atoms with E-state index in [-0.39, 0.29) is 22.4 Å². The zero-order valence-corrected chi connectivity index (χ0v) is 35.1. The van der Waals surface area contributed by atoms with Crippen molar-refractivity contribution < 1.29 is 30.4 Å². The van der Waals surface area contributed by atoms with E-state index in [1.807, 2.05) is 135 Å². The summed E-state index contributed by atoms with van der Waals surface area (Å²) in [6, 6.07) is 40.1. The number of ketones is 2. The molecule has 0 fully saturated rings. The van der Waals surface area contributed by atoms with Crippen LogP contribution in [0.15, 0.2) is 191 Å². The van der Waals surface area contributed by atoms with Gasteiger partial charge in [0.15, 0.2) is 11.6 Å². The van der Waals surface area contributed by atoms with Crippen molar-refractivity contribution in [2.75, 3.05) is 10.6 Å². The molecule has 0 saturated heterocycles. The third-order valence-electron chi connectivity index (χ3n) is 9.20. The molecule has 0 aliphatic heterocycles. The van der Waals surface area contributed by atoms with Crippen molar-refractivity contribution in [3.63, 3.8) is 0 Å². The molecule has 6 rings (SSSR count). The standard InChI is InChI=1S/2C23H23NO.2ClH.Zr/c2*1-17-14-18(16-24-20-12-8-5-9-13-20)22(25)21(15-17)23(2,3)19-10-6-4-7-11-19;;;/h2*4-16,24H,1-3H3;2*1H;/q;;;;+2/p-2/b2*18-16+;;;. The van der Waals surface area contributed by atoms with Gasteiger partial charge in [0.05, 0.1) is 0 Å². The Morgan fingerprint density at radius 1 is 0.491 bits per heavy atom. The molecule has 0 spiro atoms. The number of carbonyl (C=O) groups excluding carboxylic acids is 2. The van der Waals surface area contributed by atoms with Crippen molar-refractivity contribution in [2.24, 2.45) is 0 Å². The van der Waals surface area contributed by atoms with Crippen LogP contribution in [0.5, 0.6) is 0 Å². The predicted molar refractivity (Wildman–Crippen MR) is 221 cm³/mol. The van der Waals surface area contributed by atoms with E-state index in [9.17, 15) is 9.59 Å². The van der Waals surface area contributed by atoms with Crippen molar-refractivity contribution in [1.29, 1.82) is 0 Å². The molecule has 0 radical (unpaired) electrons. The van der Waals surface area contributed by atoms with E-state index >= 15 is 0 Å². The normalized spacial score (nSPS) is 15.8. The van der Waals surface area contributed by atoms with E-state index in [2.05, 4.69) is 62.6 Å². The van der Waals surface area contributed by atoms with E-state index in [1.54, 1.807) is 12.4 Å². The number of rotatable bonds is 8. The maximum atomic E-state index is 13.1. The summed E-state index contributed by atoms with van der Waals surface area (Å²) in [5.74, 6) is 0.144. The molecular formula is C46H46Cl2N2O2Zr. The molecule has 0 heterocycles. The van der Waals surface area contributed by atoms with E-state index in [0.29, 0.717) is 11.1 Å². The number of hydrogen-bond acceptors (Lipinski definition) is 4. The van der Waals surface area contributed by atoms with Gasteiger partial charge < -0.3 is 10.6 Å². The molecule has 270 valence electrons. The Kier molecular flexibility index (Phi) is 15.4. The van der Waals surface area contributed by atoms with Crippen molar-refractivity contribution in [3.8, 4) is 0 Å². The molecule has 0 amide bonds. The van der Waals surface area contributed by atoms with E-state index in [4.69, 9.17) is 17.0 Å². The number of nitrogens with one attached hydrogen (secondary N) is 2. The number of allylic oxidation sites excluding steroid dienone is 10. The minimum atomic E-state index is -0.826. The zero-order valence-electron chi connectivity index (χ0n) is 31.1. The first-order valence-corrected chi connectivity index (χ1v) is 23.7. The molecule has 4 aromatic carbocycles. The molecule has 4 nitrogen and oxygen atoms in total. The van der Waals surface area contributed by atoms with Gasteiger partial charge in [-0.2, -0.15) is 0 Å². The van der Waals surface area contributed by atoms with Crippen LogP contribution in [0, 0.1) is 0 Å². The first kappa shape index (κ1) is 41.5.